The number of aromatic nitrogens is 1. The van der Waals surface area contributed by atoms with Crippen molar-refractivity contribution >= 4 is 11.4 Å². The smallest absolute Gasteiger partial charge is 0.353 e. The third kappa shape index (κ3) is 3.01. The summed E-state index contributed by atoms with van der Waals surface area (Å²) in [7, 11) is 0. The number of nitrogens with one attached hydrogen (secondary N) is 1. The molecule has 3 nitrogen and oxygen atoms in total. The van der Waals surface area contributed by atoms with E-state index < -0.39 is 11.7 Å². The van der Waals surface area contributed by atoms with Crippen LogP contribution < -0.4 is 5.32 Å². The Hall–Kier alpha value is -2.55. The first kappa shape index (κ1) is 12.9. The zero-order chi connectivity index (χ0) is 13.9. The topological polar surface area (TPSA) is 48.7 Å². The fraction of sp³-hybridized carbons (Fsp3) is 0.0769. The van der Waals surface area contributed by atoms with Crippen molar-refractivity contribution in [3.8, 4) is 6.07 Å². The molecule has 1 aromatic carbocycles. The van der Waals surface area contributed by atoms with Gasteiger partial charge in [-0.3, -0.25) is 4.98 Å². The van der Waals surface area contributed by atoms with Crippen molar-refractivity contribution in [2.24, 2.45) is 0 Å². The molecule has 0 saturated carbocycles. The van der Waals surface area contributed by atoms with E-state index in [2.05, 4.69) is 10.3 Å². The average Bonchev–Trinajstić information content (AvgIpc) is 2.39. The zero-order valence-electron chi connectivity index (χ0n) is 9.57. The maximum Gasteiger partial charge on any atom is 0.416 e. The number of nitrogens with zero attached hydrogens (tertiary/aromatic N) is 2. The van der Waals surface area contributed by atoms with Crippen LogP contribution in [0.4, 0.5) is 24.5 Å². The first-order valence-electron chi connectivity index (χ1n) is 5.29. The summed E-state index contributed by atoms with van der Waals surface area (Å²) >= 11 is 0. The van der Waals surface area contributed by atoms with E-state index in [9.17, 15) is 13.2 Å². The Balaban J connectivity index is 2.41. The number of nitriles is 1. The Labute approximate surface area is 107 Å². The van der Waals surface area contributed by atoms with Crippen LogP contribution in [0.15, 0.2) is 42.7 Å². The fourth-order valence-corrected chi connectivity index (χ4v) is 1.51. The molecule has 96 valence electrons. The van der Waals surface area contributed by atoms with Crippen LogP contribution in [0.25, 0.3) is 0 Å². The molecule has 0 aliphatic heterocycles. The lowest BCUT2D eigenvalue weighted by atomic mass is 10.1. The van der Waals surface area contributed by atoms with E-state index in [-0.39, 0.29) is 11.3 Å². The zero-order valence-corrected chi connectivity index (χ0v) is 9.57. The summed E-state index contributed by atoms with van der Waals surface area (Å²) in [6, 6.07) is 8.06. The Morgan fingerprint density at radius 3 is 2.58 bits per heavy atom. The van der Waals surface area contributed by atoms with Crippen molar-refractivity contribution in [1.82, 2.24) is 4.98 Å². The number of hydrogen-bond donors (Lipinski definition) is 1. The lowest BCUT2D eigenvalue weighted by Crippen LogP contribution is -2.06. The van der Waals surface area contributed by atoms with Gasteiger partial charge in [-0.25, -0.2) is 0 Å². The summed E-state index contributed by atoms with van der Waals surface area (Å²) in [6.07, 6.45) is -1.44. The van der Waals surface area contributed by atoms with Crippen molar-refractivity contribution in [2.75, 3.05) is 5.32 Å². The molecular weight excluding hydrogens is 255 g/mol. The highest BCUT2D eigenvalue weighted by Gasteiger charge is 2.31. The van der Waals surface area contributed by atoms with E-state index >= 15 is 0 Å². The van der Waals surface area contributed by atoms with Crippen molar-refractivity contribution in [3.63, 3.8) is 0 Å². The van der Waals surface area contributed by atoms with Crippen molar-refractivity contribution in [1.29, 1.82) is 5.26 Å². The predicted octanol–water partition coefficient (Wildman–Crippen LogP) is 3.72. The number of alkyl halides is 3. The molecule has 0 fully saturated rings. The molecule has 1 N–H and O–H groups in total. The van der Waals surface area contributed by atoms with Crippen LogP contribution >= 0.6 is 0 Å². The molecule has 2 rings (SSSR count). The van der Waals surface area contributed by atoms with Crippen molar-refractivity contribution < 1.29 is 13.2 Å². The summed E-state index contributed by atoms with van der Waals surface area (Å²) in [4.78, 5) is 3.84. The van der Waals surface area contributed by atoms with E-state index in [0.29, 0.717) is 5.69 Å². The van der Waals surface area contributed by atoms with Crippen LogP contribution in [0.1, 0.15) is 11.1 Å². The van der Waals surface area contributed by atoms with Crippen molar-refractivity contribution in [3.05, 3.63) is 53.9 Å². The summed E-state index contributed by atoms with van der Waals surface area (Å²) in [5, 5.41) is 11.7. The van der Waals surface area contributed by atoms with Gasteiger partial charge in [-0.15, -0.1) is 0 Å². The minimum atomic E-state index is -4.45. The average molecular weight is 263 g/mol. The lowest BCUT2D eigenvalue weighted by Gasteiger charge is -2.12. The first-order chi connectivity index (χ1) is 9.00. The van der Waals surface area contributed by atoms with Gasteiger partial charge in [0, 0.05) is 6.20 Å². The van der Waals surface area contributed by atoms with Gasteiger partial charge < -0.3 is 5.32 Å². The third-order valence-electron chi connectivity index (χ3n) is 2.41. The molecule has 0 spiro atoms. The molecule has 0 unspecified atom stereocenters. The molecule has 0 saturated heterocycles. The van der Waals surface area contributed by atoms with E-state index in [1.54, 1.807) is 18.3 Å². The van der Waals surface area contributed by atoms with Crippen LogP contribution in [0.3, 0.4) is 0 Å². The number of rotatable bonds is 2. The van der Waals surface area contributed by atoms with Gasteiger partial charge in [0.25, 0.3) is 0 Å². The monoisotopic (exact) mass is 263 g/mol. The van der Waals surface area contributed by atoms with Crippen LogP contribution in [-0.4, -0.2) is 4.98 Å². The normalized spacial score (nSPS) is 10.8. The summed E-state index contributed by atoms with van der Waals surface area (Å²) in [5.41, 5.74) is -0.0570. The molecule has 0 bridgehead atoms. The van der Waals surface area contributed by atoms with E-state index in [4.69, 9.17) is 5.26 Å². The second-order valence-electron chi connectivity index (χ2n) is 3.74. The minimum Gasteiger partial charge on any atom is -0.353 e. The Kier molecular flexibility index (Phi) is 3.38. The molecule has 0 amide bonds. The quantitative estimate of drug-likeness (QED) is 0.898. The van der Waals surface area contributed by atoms with Gasteiger partial charge in [0.15, 0.2) is 0 Å². The molecule has 0 radical (unpaired) electrons. The number of anilines is 2. The maximum atomic E-state index is 12.6. The highest BCUT2D eigenvalue weighted by molar-refractivity contribution is 5.66. The summed E-state index contributed by atoms with van der Waals surface area (Å²) in [6.45, 7) is 0. The maximum absolute atomic E-state index is 12.6. The highest BCUT2D eigenvalue weighted by Crippen LogP contribution is 2.32. The Morgan fingerprint density at radius 1 is 1.21 bits per heavy atom. The minimum absolute atomic E-state index is 0.102. The molecular formula is C13H8F3N3. The van der Waals surface area contributed by atoms with Gasteiger partial charge in [0.05, 0.1) is 28.7 Å². The van der Waals surface area contributed by atoms with Crippen LogP contribution in [0, 0.1) is 11.3 Å². The molecule has 0 aliphatic carbocycles. The van der Waals surface area contributed by atoms with E-state index in [1.807, 2.05) is 6.07 Å². The SMILES string of the molecule is N#Cc1ccc(C(F)(F)F)cc1Nc1cccnc1. The van der Waals surface area contributed by atoms with Gasteiger partial charge >= 0.3 is 6.18 Å². The molecule has 1 aromatic heterocycles. The highest BCUT2D eigenvalue weighted by atomic mass is 19.4. The Bertz CT molecular complexity index is 615. The number of hydrogen-bond acceptors (Lipinski definition) is 3. The molecule has 0 atom stereocenters. The fourth-order valence-electron chi connectivity index (χ4n) is 1.51. The second kappa shape index (κ2) is 4.98. The lowest BCUT2D eigenvalue weighted by molar-refractivity contribution is -0.137. The molecule has 0 aliphatic rings. The van der Waals surface area contributed by atoms with Gasteiger partial charge in [0.1, 0.15) is 6.07 Å². The Morgan fingerprint density at radius 2 is 2.00 bits per heavy atom. The van der Waals surface area contributed by atoms with Gasteiger partial charge in [-0.2, -0.15) is 18.4 Å². The summed E-state index contributed by atoms with van der Waals surface area (Å²) in [5.74, 6) is 0. The van der Waals surface area contributed by atoms with E-state index in [0.717, 1.165) is 18.2 Å². The number of pyridine rings is 1. The third-order valence-corrected chi connectivity index (χ3v) is 2.41. The van der Waals surface area contributed by atoms with Crippen LogP contribution in [0.2, 0.25) is 0 Å². The molecule has 19 heavy (non-hydrogen) atoms. The number of benzene rings is 1. The standard InChI is InChI=1S/C13H8F3N3/c14-13(15,16)10-4-3-9(7-17)12(6-10)19-11-2-1-5-18-8-11/h1-6,8,19H. The first-order valence-corrected chi connectivity index (χ1v) is 5.29. The summed E-state index contributed by atoms with van der Waals surface area (Å²) < 4.78 is 37.9. The molecule has 1 heterocycles. The second-order valence-corrected chi connectivity index (χ2v) is 3.74. The largest absolute Gasteiger partial charge is 0.416 e. The van der Waals surface area contributed by atoms with Gasteiger partial charge in [-0.1, -0.05) is 0 Å². The van der Waals surface area contributed by atoms with Crippen LogP contribution in [0.5, 0.6) is 0 Å². The molecule has 6 heteroatoms. The van der Waals surface area contributed by atoms with E-state index in [1.165, 1.54) is 6.20 Å². The predicted molar refractivity (Wildman–Crippen MR) is 63.7 cm³/mol. The van der Waals surface area contributed by atoms with Crippen molar-refractivity contribution in [2.45, 2.75) is 6.18 Å². The van der Waals surface area contributed by atoms with Crippen LogP contribution in [-0.2, 0) is 6.18 Å². The van der Waals surface area contributed by atoms with Gasteiger partial charge in [-0.05, 0) is 30.3 Å². The molecule has 2 aromatic rings. The van der Waals surface area contributed by atoms with Gasteiger partial charge in [0.2, 0.25) is 0 Å². The number of halogens is 3.